The van der Waals surface area contributed by atoms with Gasteiger partial charge in [0.05, 0.1) is 16.5 Å². The van der Waals surface area contributed by atoms with Crippen LogP contribution in [0.3, 0.4) is 0 Å². The van der Waals surface area contributed by atoms with Crippen molar-refractivity contribution in [1.29, 1.82) is 0 Å². The van der Waals surface area contributed by atoms with E-state index in [1.165, 1.54) is 14.0 Å². The molecule has 1 heterocycles. The minimum atomic E-state index is -0.613. The van der Waals surface area contributed by atoms with Crippen LogP contribution < -0.4 is 9.47 Å². The molecule has 7 nitrogen and oxygen atoms in total. The molecular formula is C12H9BrClN3O4. The highest BCUT2D eigenvalue weighted by molar-refractivity contribution is 9.10. The molecule has 0 fully saturated rings. The molecule has 0 aliphatic rings. The highest BCUT2D eigenvalue weighted by Crippen LogP contribution is 2.36. The number of aryl methyl sites for hydroxylation is 1. The van der Waals surface area contributed by atoms with Crippen LogP contribution in [0.2, 0.25) is 5.28 Å². The Morgan fingerprint density at radius 2 is 2.10 bits per heavy atom. The van der Waals surface area contributed by atoms with Crippen LogP contribution in [0.4, 0.5) is 5.69 Å². The monoisotopic (exact) mass is 373 g/mol. The highest BCUT2D eigenvalue weighted by atomic mass is 79.9. The molecule has 0 bridgehead atoms. The number of methoxy groups -OCH3 is 1. The zero-order valence-electron chi connectivity index (χ0n) is 11.0. The maximum Gasteiger partial charge on any atom is 0.352 e. The molecule has 0 aliphatic carbocycles. The van der Waals surface area contributed by atoms with Crippen LogP contribution in [0.25, 0.3) is 0 Å². The van der Waals surface area contributed by atoms with Crippen molar-refractivity contribution in [2.24, 2.45) is 0 Å². The number of ether oxygens (including phenoxy) is 2. The molecule has 9 heteroatoms. The van der Waals surface area contributed by atoms with E-state index in [-0.39, 0.29) is 22.5 Å². The number of hydrogen-bond acceptors (Lipinski definition) is 6. The van der Waals surface area contributed by atoms with Crippen molar-refractivity contribution in [1.82, 2.24) is 9.97 Å². The average molecular weight is 375 g/mol. The number of halogens is 2. The van der Waals surface area contributed by atoms with E-state index in [1.807, 2.05) is 0 Å². The number of benzene rings is 1. The van der Waals surface area contributed by atoms with E-state index in [2.05, 4.69) is 25.9 Å². The third-order valence-electron chi connectivity index (χ3n) is 2.53. The number of aromatic nitrogens is 2. The zero-order chi connectivity index (χ0) is 15.6. The lowest BCUT2D eigenvalue weighted by Gasteiger charge is -2.09. The van der Waals surface area contributed by atoms with Gasteiger partial charge in [-0.1, -0.05) is 0 Å². The van der Waals surface area contributed by atoms with Crippen LogP contribution in [0.5, 0.6) is 17.4 Å². The number of rotatable bonds is 4. The van der Waals surface area contributed by atoms with Gasteiger partial charge >= 0.3 is 11.6 Å². The predicted octanol–water partition coefficient (Wildman–Crippen LogP) is 3.91. The number of nitrogens with zero attached hydrogens (tertiary/aromatic N) is 3. The normalized spacial score (nSPS) is 10.3. The first-order chi connectivity index (χ1) is 9.92. The summed E-state index contributed by atoms with van der Waals surface area (Å²) in [5.74, 6) is 0.733. The van der Waals surface area contributed by atoms with Gasteiger partial charge in [-0.3, -0.25) is 10.1 Å². The second-order valence-corrected chi connectivity index (χ2v) is 5.08. The van der Waals surface area contributed by atoms with Crippen LogP contribution in [0, 0.1) is 17.0 Å². The van der Waals surface area contributed by atoms with Gasteiger partial charge in [0.25, 0.3) is 0 Å². The van der Waals surface area contributed by atoms with E-state index in [0.717, 1.165) is 0 Å². The molecule has 1 aromatic heterocycles. The molecule has 0 atom stereocenters. The summed E-state index contributed by atoms with van der Waals surface area (Å²) in [6.07, 6.45) is 0. The fourth-order valence-electron chi connectivity index (χ4n) is 1.58. The van der Waals surface area contributed by atoms with Crippen molar-refractivity contribution in [3.8, 4) is 17.4 Å². The van der Waals surface area contributed by atoms with Gasteiger partial charge in [0.1, 0.15) is 17.2 Å². The van der Waals surface area contributed by atoms with Gasteiger partial charge < -0.3 is 9.47 Å². The Morgan fingerprint density at radius 1 is 1.38 bits per heavy atom. The van der Waals surface area contributed by atoms with Crippen molar-refractivity contribution in [2.75, 3.05) is 7.11 Å². The molecule has 110 valence electrons. The first-order valence-corrected chi connectivity index (χ1v) is 6.79. The molecular weight excluding hydrogens is 366 g/mol. The number of hydrogen-bond donors (Lipinski definition) is 0. The van der Waals surface area contributed by atoms with Gasteiger partial charge in [-0.05, 0) is 52.7 Å². The molecule has 0 amide bonds. The largest absolute Gasteiger partial charge is 0.497 e. The number of nitro groups is 1. The maximum atomic E-state index is 11.1. The first kappa shape index (κ1) is 15.5. The summed E-state index contributed by atoms with van der Waals surface area (Å²) in [6.45, 7) is 1.46. The maximum absolute atomic E-state index is 11.1. The zero-order valence-corrected chi connectivity index (χ0v) is 13.3. The van der Waals surface area contributed by atoms with Gasteiger partial charge in [0.15, 0.2) is 0 Å². The minimum absolute atomic E-state index is 0.125. The fourth-order valence-corrected chi connectivity index (χ4v) is 2.23. The average Bonchev–Trinajstić information content (AvgIpc) is 2.39. The molecule has 2 aromatic rings. The summed E-state index contributed by atoms with van der Waals surface area (Å²) in [4.78, 5) is 18.0. The minimum Gasteiger partial charge on any atom is -0.497 e. The summed E-state index contributed by atoms with van der Waals surface area (Å²) in [7, 11) is 1.53. The molecule has 1 aromatic carbocycles. The van der Waals surface area contributed by atoms with E-state index in [9.17, 15) is 10.1 Å². The van der Waals surface area contributed by atoms with Gasteiger partial charge in [0, 0.05) is 0 Å². The summed E-state index contributed by atoms with van der Waals surface area (Å²) >= 11 is 9.02. The molecule has 0 aliphatic heterocycles. The molecule has 0 unspecified atom stereocenters. The molecule has 0 radical (unpaired) electrons. The molecule has 2 rings (SSSR count). The van der Waals surface area contributed by atoms with E-state index < -0.39 is 4.92 Å². The van der Waals surface area contributed by atoms with Gasteiger partial charge in [-0.15, -0.1) is 0 Å². The van der Waals surface area contributed by atoms with Crippen molar-refractivity contribution in [3.63, 3.8) is 0 Å². The lowest BCUT2D eigenvalue weighted by molar-refractivity contribution is -0.386. The van der Waals surface area contributed by atoms with E-state index in [1.54, 1.807) is 18.2 Å². The third kappa shape index (κ3) is 3.40. The standard InChI is InChI=1S/C12H9BrClN3O4/c1-6-10(17(18)19)11(16-12(14)15-6)21-9-4-3-7(20-2)5-8(9)13/h3-5H,1-2H3. The second-order valence-electron chi connectivity index (χ2n) is 3.89. The van der Waals surface area contributed by atoms with Crippen molar-refractivity contribution >= 4 is 33.2 Å². The Bertz CT molecular complexity index is 711. The Labute approximate surface area is 133 Å². The SMILES string of the molecule is COc1ccc(Oc2nc(Cl)nc(C)c2[N+](=O)[O-])c(Br)c1. The van der Waals surface area contributed by atoms with Crippen LogP contribution >= 0.6 is 27.5 Å². The summed E-state index contributed by atoms with van der Waals surface area (Å²) in [5.41, 5.74) is -0.207. The highest BCUT2D eigenvalue weighted by Gasteiger charge is 2.24. The van der Waals surface area contributed by atoms with Crippen molar-refractivity contribution in [2.45, 2.75) is 6.92 Å². The van der Waals surface area contributed by atoms with Gasteiger partial charge in [0.2, 0.25) is 5.28 Å². The fraction of sp³-hybridized carbons (Fsp3) is 0.167. The topological polar surface area (TPSA) is 87.4 Å². The van der Waals surface area contributed by atoms with Crippen LogP contribution in [-0.2, 0) is 0 Å². The van der Waals surface area contributed by atoms with Crippen molar-refractivity contribution < 1.29 is 14.4 Å². The second kappa shape index (κ2) is 6.23. The van der Waals surface area contributed by atoms with Crippen molar-refractivity contribution in [3.05, 3.63) is 43.8 Å². The smallest absolute Gasteiger partial charge is 0.352 e. The lowest BCUT2D eigenvalue weighted by atomic mass is 10.3. The molecule has 0 saturated heterocycles. The van der Waals surface area contributed by atoms with E-state index in [0.29, 0.717) is 16.0 Å². The van der Waals surface area contributed by atoms with Gasteiger partial charge in [-0.2, -0.15) is 4.98 Å². The quantitative estimate of drug-likeness (QED) is 0.458. The van der Waals surface area contributed by atoms with Crippen LogP contribution in [0.1, 0.15) is 5.69 Å². The summed E-state index contributed by atoms with van der Waals surface area (Å²) in [5, 5.41) is 11.0. The first-order valence-electron chi connectivity index (χ1n) is 5.62. The molecule has 21 heavy (non-hydrogen) atoms. The predicted molar refractivity (Wildman–Crippen MR) is 79.2 cm³/mol. The Balaban J connectivity index is 2.46. The molecule has 0 saturated carbocycles. The van der Waals surface area contributed by atoms with E-state index in [4.69, 9.17) is 21.1 Å². The Morgan fingerprint density at radius 3 is 2.67 bits per heavy atom. The molecule has 0 spiro atoms. The Hall–Kier alpha value is -1.93. The lowest BCUT2D eigenvalue weighted by Crippen LogP contribution is -2.01. The third-order valence-corrected chi connectivity index (χ3v) is 3.32. The van der Waals surface area contributed by atoms with Crippen LogP contribution in [0.15, 0.2) is 22.7 Å². The summed E-state index contributed by atoms with van der Waals surface area (Å²) < 4.78 is 11.1. The summed E-state index contributed by atoms with van der Waals surface area (Å²) in [6, 6.07) is 4.91. The molecule has 0 N–H and O–H groups in total. The Kier molecular flexibility index (Phi) is 4.59. The van der Waals surface area contributed by atoms with E-state index >= 15 is 0 Å². The van der Waals surface area contributed by atoms with Gasteiger partial charge in [-0.25, -0.2) is 4.98 Å². The van der Waals surface area contributed by atoms with Crippen LogP contribution in [-0.4, -0.2) is 22.0 Å².